The fourth-order valence-corrected chi connectivity index (χ4v) is 7.63. The van der Waals surface area contributed by atoms with Crippen molar-refractivity contribution in [1.29, 1.82) is 0 Å². The van der Waals surface area contributed by atoms with Gasteiger partial charge in [0.1, 0.15) is 11.9 Å². The first kappa shape index (κ1) is 18.4. The molecule has 0 aliphatic heterocycles. The zero-order valence-corrected chi connectivity index (χ0v) is 17.3. The molecule has 4 heteroatoms. The minimum absolute atomic E-state index is 0.0335. The van der Waals surface area contributed by atoms with E-state index >= 15 is 0 Å². The Morgan fingerprint density at radius 3 is 2.61 bits per heavy atom. The van der Waals surface area contributed by atoms with E-state index in [1.54, 1.807) is 13.8 Å². The molecular weight excluding hydrogens is 352 g/mol. The molecule has 0 bridgehead atoms. The highest BCUT2D eigenvalue weighted by Gasteiger charge is 2.58. The molecule has 7 atom stereocenters. The van der Waals surface area contributed by atoms with Crippen molar-refractivity contribution < 1.29 is 18.7 Å². The lowest BCUT2D eigenvalue weighted by atomic mass is 9.50. The summed E-state index contributed by atoms with van der Waals surface area (Å²) in [6.45, 7) is 5.52. The van der Waals surface area contributed by atoms with Gasteiger partial charge in [-0.1, -0.05) is 6.92 Å². The van der Waals surface area contributed by atoms with Gasteiger partial charge in [-0.15, -0.1) is 0 Å². The fraction of sp³-hybridized carbons (Fsp3) is 0.750. The normalized spacial score (nSPS) is 41.4. The SMILES string of the molecule is CC(=O)O[C@H]1CC[C@H]2[C@@H]3CC[C@H]4Cc5oc(C(C)=O)cc5C[C@@H]4[C@H]3CC[C@]12C. The molecule has 0 spiro atoms. The summed E-state index contributed by atoms with van der Waals surface area (Å²) in [6, 6.07) is 2.01. The first-order valence-corrected chi connectivity index (χ1v) is 11.2. The second-order valence-corrected chi connectivity index (χ2v) is 10.2. The van der Waals surface area contributed by atoms with E-state index in [4.69, 9.17) is 9.15 Å². The maximum absolute atomic E-state index is 11.7. The maximum atomic E-state index is 11.7. The first-order chi connectivity index (χ1) is 13.4. The van der Waals surface area contributed by atoms with Crippen molar-refractivity contribution in [3.8, 4) is 0 Å². The third-order valence-electron chi connectivity index (χ3n) is 8.89. The zero-order chi connectivity index (χ0) is 19.6. The van der Waals surface area contributed by atoms with Gasteiger partial charge in [-0.05, 0) is 86.2 Å². The van der Waals surface area contributed by atoms with Crippen molar-refractivity contribution in [2.24, 2.45) is 35.0 Å². The molecule has 3 fully saturated rings. The lowest BCUT2D eigenvalue weighted by Crippen LogP contribution is -2.50. The molecule has 28 heavy (non-hydrogen) atoms. The summed E-state index contributed by atoms with van der Waals surface area (Å²) >= 11 is 0. The molecule has 4 nitrogen and oxygen atoms in total. The number of fused-ring (bicyclic) bond motifs is 6. The van der Waals surface area contributed by atoms with Gasteiger partial charge in [0.25, 0.3) is 0 Å². The molecule has 0 saturated heterocycles. The fourth-order valence-electron chi connectivity index (χ4n) is 7.63. The van der Waals surface area contributed by atoms with E-state index in [0.717, 1.165) is 42.8 Å². The van der Waals surface area contributed by atoms with E-state index < -0.39 is 0 Å². The van der Waals surface area contributed by atoms with Gasteiger partial charge in [0.2, 0.25) is 0 Å². The molecule has 0 aromatic carbocycles. The standard InChI is InChI=1S/C24H32O4/c1-13(25)21-12-16-10-19-15(11-22(16)28-21)4-5-18-17(19)8-9-24(3)20(18)6-7-23(24)27-14(2)26/h12,15,17-20,23H,4-11H2,1-3H3/t15-,17-,18+,19-,20-,23-,24-/m0/s1. The number of carbonyl (C=O) groups excluding carboxylic acids is 2. The van der Waals surface area contributed by atoms with Gasteiger partial charge in [0.05, 0.1) is 0 Å². The number of carbonyl (C=O) groups is 2. The zero-order valence-electron chi connectivity index (χ0n) is 17.3. The molecule has 4 aliphatic rings. The van der Waals surface area contributed by atoms with Crippen molar-refractivity contribution in [3.05, 3.63) is 23.2 Å². The van der Waals surface area contributed by atoms with Crippen LogP contribution in [0.1, 0.15) is 81.2 Å². The minimum atomic E-state index is -0.126. The van der Waals surface area contributed by atoms with Gasteiger partial charge in [0.15, 0.2) is 11.5 Å². The van der Waals surface area contributed by atoms with Crippen molar-refractivity contribution in [2.45, 2.75) is 78.2 Å². The van der Waals surface area contributed by atoms with Crippen LogP contribution in [0.15, 0.2) is 10.5 Å². The van der Waals surface area contributed by atoms with Crippen LogP contribution in [-0.4, -0.2) is 17.9 Å². The largest absolute Gasteiger partial charge is 0.462 e. The Balaban J connectivity index is 1.38. The predicted octanol–water partition coefficient (Wildman–Crippen LogP) is 4.98. The van der Waals surface area contributed by atoms with E-state index in [1.807, 2.05) is 6.07 Å². The number of esters is 1. The maximum Gasteiger partial charge on any atom is 0.302 e. The van der Waals surface area contributed by atoms with Gasteiger partial charge in [0, 0.05) is 25.7 Å². The van der Waals surface area contributed by atoms with Gasteiger partial charge >= 0.3 is 5.97 Å². The van der Waals surface area contributed by atoms with Crippen molar-refractivity contribution in [3.63, 3.8) is 0 Å². The number of ketones is 1. The van der Waals surface area contributed by atoms with Crippen LogP contribution in [0, 0.1) is 35.0 Å². The van der Waals surface area contributed by atoms with E-state index in [-0.39, 0.29) is 23.3 Å². The molecule has 1 aromatic rings. The lowest BCUT2D eigenvalue weighted by Gasteiger charge is -2.55. The Labute approximate surface area is 167 Å². The average molecular weight is 385 g/mol. The second kappa shape index (κ2) is 6.47. The van der Waals surface area contributed by atoms with Crippen LogP contribution in [0.25, 0.3) is 0 Å². The van der Waals surface area contributed by atoms with Crippen molar-refractivity contribution in [1.82, 2.24) is 0 Å². The van der Waals surface area contributed by atoms with Gasteiger partial charge < -0.3 is 9.15 Å². The van der Waals surface area contributed by atoms with E-state index in [0.29, 0.717) is 17.6 Å². The molecule has 0 radical (unpaired) electrons. The van der Waals surface area contributed by atoms with Crippen LogP contribution < -0.4 is 0 Å². The van der Waals surface area contributed by atoms with Crippen LogP contribution in [0.5, 0.6) is 0 Å². The molecule has 1 heterocycles. The quantitative estimate of drug-likeness (QED) is 0.533. The molecule has 0 N–H and O–H groups in total. The molecule has 0 amide bonds. The number of rotatable bonds is 2. The Morgan fingerprint density at radius 2 is 1.86 bits per heavy atom. The van der Waals surface area contributed by atoms with E-state index in [2.05, 4.69) is 6.92 Å². The van der Waals surface area contributed by atoms with Crippen LogP contribution in [0.3, 0.4) is 0 Å². The average Bonchev–Trinajstić information content (AvgIpc) is 3.20. The Morgan fingerprint density at radius 1 is 1.04 bits per heavy atom. The van der Waals surface area contributed by atoms with Gasteiger partial charge in [-0.25, -0.2) is 0 Å². The molecular formula is C24H32O4. The number of furan rings is 1. The van der Waals surface area contributed by atoms with Crippen LogP contribution in [0.2, 0.25) is 0 Å². The minimum Gasteiger partial charge on any atom is -0.462 e. The van der Waals surface area contributed by atoms with Crippen molar-refractivity contribution in [2.75, 3.05) is 0 Å². The Hall–Kier alpha value is -1.58. The lowest BCUT2D eigenvalue weighted by molar-refractivity contribution is -0.157. The highest BCUT2D eigenvalue weighted by atomic mass is 16.5. The Bertz CT molecular complexity index is 808. The topological polar surface area (TPSA) is 56.5 Å². The van der Waals surface area contributed by atoms with E-state index in [1.165, 1.54) is 37.7 Å². The smallest absolute Gasteiger partial charge is 0.302 e. The molecule has 152 valence electrons. The van der Waals surface area contributed by atoms with Gasteiger partial charge in [-0.2, -0.15) is 0 Å². The summed E-state index contributed by atoms with van der Waals surface area (Å²) in [5, 5.41) is 0. The number of ether oxygens (including phenoxy) is 1. The summed E-state index contributed by atoms with van der Waals surface area (Å²) in [5.74, 6) is 5.17. The van der Waals surface area contributed by atoms with Crippen LogP contribution in [-0.2, 0) is 22.4 Å². The third kappa shape index (κ3) is 2.70. The van der Waals surface area contributed by atoms with Gasteiger partial charge in [-0.3, -0.25) is 9.59 Å². The Kier molecular flexibility index (Phi) is 4.26. The molecule has 3 saturated carbocycles. The summed E-state index contributed by atoms with van der Waals surface area (Å²) in [5.41, 5.74) is 1.45. The molecule has 0 unspecified atom stereocenters. The third-order valence-corrected chi connectivity index (χ3v) is 8.89. The highest BCUT2D eigenvalue weighted by Crippen LogP contribution is 2.62. The molecule has 4 aliphatic carbocycles. The monoisotopic (exact) mass is 384 g/mol. The highest BCUT2D eigenvalue weighted by molar-refractivity contribution is 5.91. The number of Topliss-reactive ketones (excluding diaryl/α,β-unsaturated/α-hetero) is 1. The molecule has 1 aromatic heterocycles. The van der Waals surface area contributed by atoms with Crippen molar-refractivity contribution >= 4 is 11.8 Å². The summed E-state index contributed by atoms with van der Waals surface area (Å²) in [7, 11) is 0. The summed E-state index contributed by atoms with van der Waals surface area (Å²) in [4.78, 5) is 23.3. The summed E-state index contributed by atoms with van der Waals surface area (Å²) in [6.07, 6.45) is 9.44. The number of hydrogen-bond acceptors (Lipinski definition) is 4. The van der Waals surface area contributed by atoms with Crippen LogP contribution in [0.4, 0.5) is 0 Å². The number of hydrogen-bond donors (Lipinski definition) is 0. The van der Waals surface area contributed by atoms with Crippen LogP contribution >= 0.6 is 0 Å². The predicted molar refractivity (Wildman–Crippen MR) is 105 cm³/mol. The first-order valence-electron chi connectivity index (χ1n) is 11.2. The molecule has 5 rings (SSSR count). The summed E-state index contributed by atoms with van der Waals surface area (Å²) < 4.78 is 11.6. The van der Waals surface area contributed by atoms with E-state index in [9.17, 15) is 9.59 Å². The second-order valence-electron chi connectivity index (χ2n) is 10.2.